The molecule has 3 aromatic rings. The molecule has 0 radical (unpaired) electrons. The third-order valence-electron chi connectivity index (χ3n) is 4.99. The number of hydrogen-bond acceptors (Lipinski definition) is 6. The maximum absolute atomic E-state index is 11.8. The monoisotopic (exact) mass is 451 g/mol. The van der Waals surface area contributed by atoms with Crippen LogP contribution < -0.4 is 4.74 Å². The smallest absolute Gasteiger partial charge is 0.310 e. The molecule has 0 unspecified atom stereocenters. The van der Waals surface area contributed by atoms with Gasteiger partial charge in [0.1, 0.15) is 17.9 Å². The molecule has 0 amide bonds. The normalized spacial score (nSPS) is 11.3. The number of nitrogens with zero attached hydrogens (tertiary/aromatic N) is 3. The minimum Gasteiger partial charge on any atom is -0.487 e. The first-order valence-electron chi connectivity index (χ1n) is 10.1. The lowest BCUT2D eigenvalue weighted by Crippen LogP contribution is -2.11. The molecule has 0 aliphatic heterocycles. The fraction of sp³-hybridized carbons (Fsp3) is 0.240. The van der Waals surface area contributed by atoms with Crippen LogP contribution in [-0.2, 0) is 22.6 Å². The molecule has 0 saturated heterocycles. The third-order valence-corrected chi connectivity index (χ3v) is 5.32. The molecule has 1 aromatic carbocycles. The van der Waals surface area contributed by atoms with Crippen molar-refractivity contribution in [1.82, 2.24) is 14.9 Å². The first kappa shape index (κ1) is 23.3. The molecule has 32 heavy (non-hydrogen) atoms. The topological polar surface area (TPSA) is 64.5 Å². The van der Waals surface area contributed by atoms with E-state index in [-0.39, 0.29) is 19.0 Å². The second-order valence-electron chi connectivity index (χ2n) is 7.45. The number of ether oxygens (including phenoxy) is 2. The summed E-state index contributed by atoms with van der Waals surface area (Å²) < 4.78 is 11.0. The SMILES string of the molecule is C=C/C=C(/c1cc(C)nc2c(OCc3c(Cl)cncc3CC(=O)OC)cccc12)N(C)C. The van der Waals surface area contributed by atoms with Crippen LogP contribution in [0, 0.1) is 6.92 Å². The lowest BCUT2D eigenvalue weighted by Gasteiger charge is -2.20. The standard InChI is InChI=1S/C25H26ClN3O3/c1-6-8-22(29(3)4)19-11-16(2)28-25-18(19)9-7-10-23(25)32-15-20-17(12-24(30)31-5)13-27-14-21(20)26/h6-11,13-14H,1,12,15H2,2-5H3/b22-8-. The van der Waals surface area contributed by atoms with E-state index in [4.69, 9.17) is 26.1 Å². The van der Waals surface area contributed by atoms with Crippen molar-refractivity contribution in [2.75, 3.05) is 21.2 Å². The molecule has 2 heterocycles. The lowest BCUT2D eigenvalue weighted by molar-refractivity contribution is -0.139. The van der Waals surface area contributed by atoms with E-state index in [0.29, 0.717) is 21.9 Å². The quantitative estimate of drug-likeness (QED) is 0.355. The fourth-order valence-corrected chi connectivity index (χ4v) is 3.70. The van der Waals surface area contributed by atoms with Crippen LogP contribution in [0.3, 0.4) is 0 Å². The second kappa shape index (κ2) is 10.3. The number of allylic oxidation sites excluding steroid dienone is 2. The molecule has 0 N–H and O–H groups in total. The summed E-state index contributed by atoms with van der Waals surface area (Å²) in [5.41, 5.74) is 5.03. The van der Waals surface area contributed by atoms with Crippen molar-refractivity contribution in [2.24, 2.45) is 0 Å². The molecular weight excluding hydrogens is 426 g/mol. The Bertz CT molecular complexity index is 1190. The Balaban J connectivity index is 2.03. The van der Waals surface area contributed by atoms with Crippen molar-refractivity contribution in [3.63, 3.8) is 0 Å². The van der Waals surface area contributed by atoms with Crippen LogP contribution in [0.1, 0.15) is 22.4 Å². The zero-order valence-electron chi connectivity index (χ0n) is 18.7. The Morgan fingerprint density at radius 3 is 2.75 bits per heavy atom. The van der Waals surface area contributed by atoms with Gasteiger partial charge in [0.25, 0.3) is 0 Å². The molecular formula is C25H26ClN3O3. The summed E-state index contributed by atoms with van der Waals surface area (Å²) >= 11 is 6.37. The number of halogens is 1. The van der Waals surface area contributed by atoms with Gasteiger partial charge in [0, 0.05) is 54.4 Å². The molecule has 0 atom stereocenters. The third kappa shape index (κ3) is 5.08. The van der Waals surface area contributed by atoms with Gasteiger partial charge in [-0.15, -0.1) is 0 Å². The minimum atomic E-state index is -0.368. The van der Waals surface area contributed by atoms with E-state index in [0.717, 1.165) is 27.9 Å². The number of carbonyl (C=O) groups excluding carboxylic acids is 1. The van der Waals surface area contributed by atoms with E-state index in [1.807, 2.05) is 50.2 Å². The number of para-hydroxylation sites is 1. The molecule has 0 spiro atoms. The number of hydrogen-bond donors (Lipinski definition) is 0. The molecule has 7 heteroatoms. The van der Waals surface area contributed by atoms with Crippen LogP contribution in [0.25, 0.3) is 16.6 Å². The summed E-state index contributed by atoms with van der Waals surface area (Å²) in [6.45, 7) is 5.96. The van der Waals surface area contributed by atoms with Crippen molar-refractivity contribution < 1.29 is 14.3 Å². The van der Waals surface area contributed by atoms with Crippen LogP contribution in [0.2, 0.25) is 5.02 Å². The van der Waals surface area contributed by atoms with E-state index < -0.39 is 0 Å². The van der Waals surface area contributed by atoms with Gasteiger partial charge in [-0.1, -0.05) is 36.4 Å². The first-order valence-corrected chi connectivity index (χ1v) is 10.4. The van der Waals surface area contributed by atoms with E-state index in [1.165, 1.54) is 13.3 Å². The second-order valence-corrected chi connectivity index (χ2v) is 7.85. The highest BCUT2D eigenvalue weighted by molar-refractivity contribution is 6.31. The van der Waals surface area contributed by atoms with Crippen molar-refractivity contribution in [3.8, 4) is 5.75 Å². The van der Waals surface area contributed by atoms with Gasteiger partial charge in [-0.05, 0) is 30.7 Å². The Morgan fingerprint density at radius 1 is 1.28 bits per heavy atom. The van der Waals surface area contributed by atoms with Gasteiger partial charge in [-0.25, -0.2) is 4.98 Å². The first-order chi connectivity index (χ1) is 15.3. The summed E-state index contributed by atoms with van der Waals surface area (Å²) in [7, 11) is 5.33. The van der Waals surface area contributed by atoms with Gasteiger partial charge in [0.2, 0.25) is 0 Å². The van der Waals surface area contributed by atoms with Crippen molar-refractivity contribution in [2.45, 2.75) is 20.0 Å². The van der Waals surface area contributed by atoms with Gasteiger partial charge < -0.3 is 14.4 Å². The molecule has 2 aromatic heterocycles. The van der Waals surface area contributed by atoms with Crippen LogP contribution in [0.5, 0.6) is 5.75 Å². The van der Waals surface area contributed by atoms with Crippen molar-refractivity contribution >= 4 is 34.2 Å². The minimum absolute atomic E-state index is 0.0678. The summed E-state index contributed by atoms with van der Waals surface area (Å²) in [6, 6.07) is 7.88. The van der Waals surface area contributed by atoms with Gasteiger partial charge in [0.05, 0.1) is 18.6 Å². The highest BCUT2D eigenvalue weighted by atomic mass is 35.5. The molecule has 0 aliphatic carbocycles. The molecule has 0 aliphatic rings. The number of pyridine rings is 2. The predicted octanol–water partition coefficient (Wildman–Crippen LogP) is 4.97. The lowest BCUT2D eigenvalue weighted by atomic mass is 10.0. The molecule has 0 saturated carbocycles. The fourth-order valence-electron chi connectivity index (χ4n) is 3.46. The van der Waals surface area contributed by atoms with Gasteiger partial charge in [0.15, 0.2) is 0 Å². The maximum atomic E-state index is 11.8. The number of benzene rings is 1. The Kier molecular flexibility index (Phi) is 7.49. The highest BCUT2D eigenvalue weighted by Crippen LogP contribution is 2.32. The maximum Gasteiger partial charge on any atom is 0.310 e. The van der Waals surface area contributed by atoms with E-state index >= 15 is 0 Å². The van der Waals surface area contributed by atoms with Crippen LogP contribution in [-0.4, -0.2) is 42.0 Å². The molecule has 0 fully saturated rings. The predicted molar refractivity (Wildman–Crippen MR) is 128 cm³/mol. The largest absolute Gasteiger partial charge is 0.487 e. The van der Waals surface area contributed by atoms with Gasteiger partial charge in [-0.2, -0.15) is 0 Å². The average molecular weight is 452 g/mol. The number of rotatable bonds is 8. The van der Waals surface area contributed by atoms with Crippen molar-refractivity contribution in [3.05, 3.63) is 82.8 Å². The van der Waals surface area contributed by atoms with E-state index in [2.05, 4.69) is 17.6 Å². The number of carbonyl (C=O) groups is 1. The molecule has 6 nitrogen and oxygen atoms in total. The molecule has 0 bridgehead atoms. The van der Waals surface area contributed by atoms with Gasteiger partial charge >= 0.3 is 5.97 Å². The Morgan fingerprint density at radius 2 is 2.06 bits per heavy atom. The number of esters is 1. The highest BCUT2D eigenvalue weighted by Gasteiger charge is 2.16. The van der Waals surface area contributed by atoms with Crippen LogP contribution in [0.15, 0.2) is 55.4 Å². The summed E-state index contributed by atoms with van der Waals surface area (Å²) in [5, 5.41) is 1.39. The van der Waals surface area contributed by atoms with Crippen molar-refractivity contribution in [1.29, 1.82) is 0 Å². The summed E-state index contributed by atoms with van der Waals surface area (Å²) in [4.78, 5) is 22.6. The van der Waals surface area contributed by atoms with E-state index in [1.54, 1.807) is 12.3 Å². The van der Waals surface area contributed by atoms with Crippen LogP contribution >= 0.6 is 11.6 Å². The number of methoxy groups -OCH3 is 1. The molecule has 166 valence electrons. The zero-order valence-corrected chi connectivity index (χ0v) is 19.4. The number of aromatic nitrogens is 2. The van der Waals surface area contributed by atoms with Gasteiger partial charge in [-0.3, -0.25) is 9.78 Å². The van der Waals surface area contributed by atoms with Crippen LogP contribution in [0.4, 0.5) is 0 Å². The average Bonchev–Trinajstić information content (AvgIpc) is 2.76. The Labute approximate surface area is 193 Å². The number of fused-ring (bicyclic) bond motifs is 1. The zero-order chi connectivity index (χ0) is 23.3. The summed E-state index contributed by atoms with van der Waals surface area (Å²) in [5.74, 6) is 0.258. The number of aryl methyl sites for hydroxylation is 1. The Hall–Kier alpha value is -3.38. The summed E-state index contributed by atoms with van der Waals surface area (Å²) in [6.07, 6.45) is 6.95. The molecule has 3 rings (SSSR count). The van der Waals surface area contributed by atoms with E-state index in [9.17, 15) is 4.79 Å².